The van der Waals surface area contributed by atoms with Crippen LogP contribution in [0.3, 0.4) is 0 Å². The van der Waals surface area contributed by atoms with E-state index in [1.807, 2.05) is 0 Å². The zero-order chi connectivity index (χ0) is 8.53. The van der Waals surface area contributed by atoms with Gasteiger partial charge in [0.25, 0.3) is 0 Å². The Bertz CT molecular complexity index is 158. The monoisotopic (exact) mass is 199 g/mol. The van der Waals surface area contributed by atoms with Crippen molar-refractivity contribution >= 4 is 40.6 Å². The summed E-state index contributed by atoms with van der Waals surface area (Å²) in [5, 5.41) is 8.17. The third-order valence-electron chi connectivity index (χ3n) is 1.36. The molecule has 0 aromatic heterocycles. The van der Waals surface area contributed by atoms with E-state index in [1.54, 1.807) is 0 Å². The Morgan fingerprint density at radius 2 is 1.83 bits per heavy atom. The number of unbranched alkanes of at least 4 members (excludes halogenated alkanes) is 4. The van der Waals surface area contributed by atoms with Crippen LogP contribution in [0.25, 0.3) is 0 Å². The molecule has 0 aliphatic rings. The van der Waals surface area contributed by atoms with Crippen LogP contribution in [0.5, 0.6) is 0 Å². The average molecular weight is 199 g/mol. The molecule has 12 heavy (non-hydrogen) atoms. The van der Waals surface area contributed by atoms with E-state index in [0.29, 0.717) is 12.2 Å². The quantitative estimate of drug-likeness (QED) is 0.395. The summed E-state index contributed by atoms with van der Waals surface area (Å²) in [7, 11) is 0. The van der Waals surface area contributed by atoms with Gasteiger partial charge in [-0.15, -0.1) is 0 Å². The Morgan fingerprint density at radius 1 is 1.25 bits per heavy atom. The van der Waals surface area contributed by atoms with Crippen molar-refractivity contribution in [2.45, 2.75) is 32.1 Å². The summed E-state index contributed by atoms with van der Waals surface area (Å²) in [4.78, 5) is 0. The second-order valence-corrected chi connectivity index (χ2v) is 3.40. The van der Waals surface area contributed by atoms with Gasteiger partial charge in [0.2, 0.25) is 0 Å². The van der Waals surface area contributed by atoms with Crippen LogP contribution in [0.4, 0.5) is 0 Å². The van der Waals surface area contributed by atoms with Crippen LogP contribution in [-0.4, -0.2) is 44.1 Å². The predicted molar refractivity (Wildman–Crippen MR) is 51.5 cm³/mol. The van der Waals surface area contributed by atoms with Crippen LogP contribution in [0.1, 0.15) is 32.1 Å². The van der Waals surface area contributed by atoms with Crippen LogP contribution >= 0.6 is 0 Å². The van der Waals surface area contributed by atoms with Gasteiger partial charge in [0.15, 0.2) is 11.1 Å². The Morgan fingerprint density at radius 3 is 2.33 bits per heavy atom. The molecule has 0 heterocycles. The summed E-state index contributed by atoms with van der Waals surface area (Å²) in [6, 6.07) is 2.06. The van der Waals surface area contributed by atoms with Crippen LogP contribution in [-0.2, 0) is 11.1 Å². The molecular weight excluding hydrogens is 185 g/mol. The van der Waals surface area contributed by atoms with Gasteiger partial charge in [-0.1, -0.05) is 12.8 Å². The fraction of sp³-hybridized carbons (Fsp3) is 0.857. The predicted octanol–water partition coefficient (Wildman–Crippen LogP) is 1.03. The average Bonchev–Trinajstić information content (AvgIpc) is 1.96. The van der Waals surface area contributed by atoms with E-state index < -0.39 is 11.1 Å². The van der Waals surface area contributed by atoms with Gasteiger partial charge in [0.05, 0.1) is 6.07 Å². The van der Waals surface area contributed by atoms with E-state index in [0.717, 1.165) is 25.7 Å². The zero-order valence-electron chi connectivity index (χ0n) is 6.45. The first-order valence-corrected chi connectivity index (χ1v) is 4.99. The number of rotatable bonds is 6. The van der Waals surface area contributed by atoms with E-state index in [1.165, 1.54) is 0 Å². The first kappa shape index (κ1) is 15.1. The van der Waals surface area contributed by atoms with E-state index in [9.17, 15) is 4.21 Å². The molecule has 0 amide bonds. The molecule has 0 aromatic rings. The van der Waals surface area contributed by atoms with Gasteiger partial charge in [-0.2, -0.15) is 5.26 Å². The van der Waals surface area contributed by atoms with Gasteiger partial charge in [0, 0.05) is 12.2 Å². The summed E-state index contributed by atoms with van der Waals surface area (Å²) in [5.74, 6) is 0.368. The molecule has 66 valence electrons. The molecule has 5 heteroatoms. The van der Waals surface area contributed by atoms with E-state index in [-0.39, 0.29) is 29.6 Å². The fourth-order valence-electron chi connectivity index (χ4n) is 0.783. The van der Waals surface area contributed by atoms with Crippen molar-refractivity contribution in [3.8, 4) is 6.07 Å². The first-order valence-electron chi connectivity index (χ1n) is 3.72. The summed E-state index contributed by atoms with van der Waals surface area (Å²) in [6.07, 6.45) is 4.24. The first-order chi connectivity index (χ1) is 5.27. The van der Waals surface area contributed by atoms with Gasteiger partial charge in [-0.3, -0.25) is 0 Å². The molecule has 0 rings (SSSR count). The van der Waals surface area contributed by atoms with Crippen molar-refractivity contribution in [2.24, 2.45) is 0 Å². The maximum absolute atomic E-state index is 10.1. The minimum absolute atomic E-state index is 0. The SMILES string of the molecule is N#CCCCCCCS(=O)O.[NaH]. The maximum atomic E-state index is 10.1. The normalized spacial score (nSPS) is 11.3. The summed E-state index contributed by atoms with van der Waals surface area (Å²) in [5.41, 5.74) is 0. The molecule has 0 bridgehead atoms. The van der Waals surface area contributed by atoms with Crippen LogP contribution in [0.2, 0.25) is 0 Å². The van der Waals surface area contributed by atoms with Crippen LogP contribution in [0.15, 0.2) is 0 Å². The topological polar surface area (TPSA) is 61.1 Å². The molecule has 1 N–H and O–H groups in total. The zero-order valence-corrected chi connectivity index (χ0v) is 7.27. The number of hydrogen-bond acceptors (Lipinski definition) is 2. The molecule has 1 atom stereocenters. The second-order valence-electron chi connectivity index (χ2n) is 2.35. The van der Waals surface area contributed by atoms with Crippen LogP contribution in [0, 0.1) is 11.3 Å². The van der Waals surface area contributed by atoms with Gasteiger partial charge < -0.3 is 4.55 Å². The Labute approximate surface area is 98.1 Å². The van der Waals surface area contributed by atoms with Crippen molar-refractivity contribution in [1.82, 2.24) is 0 Å². The van der Waals surface area contributed by atoms with E-state index >= 15 is 0 Å². The van der Waals surface area contributed by atoms with E-state index in [2.05, 4.69) is 6.07 Å². The van der Waals surface area contributed by atoms with Crippen molar-refractivity contribution in [3.63, 3.8) is 0 Å². The third kappa shape index (κ3) is 13.2. The standard InChI is InChI=1S/C7H13NO2S.Na.H/c8-6-4-2-1-3-5-7-11(9)10;;/h1-5,7H2,(H,9,10);;. The molecular formula is C7H14NNaO2S. The molecule has 1 unspecified atom stereocenters. The summed E-state index contributed by atoms with van der Waals surface area (Å²) < 4.78 is 18.5. The number of hydrogen-bond donors (Lipinski definition) is 1. The van der Waals surface area contributed by atoms with Gasteiger partial charge >= 0.3 is 29.6 Å². The molecule has 0 aliphatic carbocycles. The molecule has 0 spiro atoms. The van der Waals surface area contributed by atoms with Crippen molar-refractivity contribution in [2.75, 3.05) is 5.75 Å². The molecule has 0 aliphatic heterocycles. The second kappa shape index (κ2) is 11.6. The molecule has 0 fully saturated rings. The molecule has 0 saturated carbocycles. The molecule has 0 saturated heterocycles. The molecule has 0 radical (unpaired) electrons. The van der Waals surface area contributed by atoms with Crippen LogP contribution < -0.4 is 0 Å². The Balaban J connectivity index is 0. The summed E-state index contributed by atoms with van der Waals surface area (Å²) >= 11 is -1.64. The number of nitriles is 1. The third-order valence-corrected chi connectivity index (χ3v) is 2.00. The van der Waals surface area contributed by atoms with Crippen molar-refractivity contribution in [3.05, 3.63) is 0 Å². The Hall–Kier alpha value is 0.600. The fourth-order valence-corrected chi connectivity index (χ4v) is 1.23. The molecule has 0 aromatic carbocycles. The van der Waals surface area contributed by atoms with E-state index in [4.69, 9.17) is 9.81 Å². The van der Waals surface area contributed by atoms with Crippen molar-refractivity contribution < 1.29 is 8.76 Å². The van der Waals surface area contributed by atoms with Gasteiger partial charge in [0.1, 0.15) is 0 Å². The minimum atomic E-state index is -1.64. The van der Waals surface area contributed by atoms with Crippen molar-refractivity contribution in [1.29, 1.82) is 5.26 Å². The molecule has 3 nitrogen and oxygen atoms in total. The Kier molecular flexibility index (Phi) is 14.6. The summed E-state index contributed by atoms with van der Waals surface area (Å²) in [6.45, 7) is 0. The number of nitrogens with zero attached hydrogens (tertiary/aromatic N) is 1. The van der Waals surface area contributed by atoms with Gasteiger partial charge in [-0.05, 0) is 12.8 Å². The van der Waals surface area contributed by atoms with Gasteiger partial charge in [-0.25, -0.2) is 4.21 Å².